The monoisotopic (exact) mass is 602 g/mol. The van der Waals surface area contributed by atoms with Gasteiger partial charge in [0.25, 0.3) is 5.91 Å². The van der Waals surface area contributed by atoms with Gasteiger partial charge in [0, 0.05) is 80.6 Å². The van der Waals surface area contributed by atoms with Gasteiger partial charge in [-0.3, -0.25) is 9.89 Å². The van der Waals surface area contributed by atoms with E-state index >= 15 is 0 Å². The molecule has 0 aliphatic carbocycles. The largest absolute Gasteiger partial charge is 0.391 e. The normalized spacial score (nSPS) is 20.0. The molecule has 3 aromatic rings. The second-order valence-electron chi connectivity index (χ2n) is 10.8. The number of β-amino-alcohol motifs (C(OH)–C–C–N with tert-alkyl or cyclic N) is 1. The van der Waals surface area contributed by atoms with Crippen molar-refractivity contribution in [2.75, 3.05) is 48.4 Å². The summed E-state index contributed by atoms with van der Waals surface area (Å²) in [4.78, 5) is 15.2. The van der Waals surface area contributed by atoms with E-state index in [2.05, 4.69) is 25.7 Å². The van der Waals surface area contributed by atoms with Crippen molar-refractivity contribution in [3.63, 3.8) is 0 Å². The minimum absolute atomic E-state index is 0.0782. The van der Waals surface area contributed by atoms with Crippen LogP contribution in [-0.4, -0.2) is 78.9 Å². The number of benzene rings is 2. The van der Waals surface area contributed by atoms with Gasteiger partial charge in [-0.15, -0.1) is 0 Å². The van der Waals surface area contributed by atoms with Gasteiger partial charge in [-0.1, -0.05) is 0 Å². The van der Waals surface area contributed by atoms with Crippen molar-refractivity contribution in [1.82, 2.24) is 14.5 Å². The zero-order valence-electron chi connectivity index (χ0n) is 22.8. The molecule has 0 spiro atoms. The van der Waals surface area contributed by atoms with E-state index in [4.69, 9.17) is 4.74 Å². The third kappa shape index (κ3) is 5.84. The number of amides is 1. The molecule has 6 rings (SSSR count). The number of ether oxygens (including phenoxy) is 1. The van der Waals surface area contributed by atoms with Crippen molar-refractivity contribution in [2.45, 2.75) is 49.3 Å². The molecule has 4 heterocycles. The predicted octanol–water partition coefficient (Wildman–Crippen LogP) is 2.85. The Labute approximate surface area is 241 Å². The van der Waals surface area contributed by atoms with Crippen LogP contribution in [0.3, 0.4) is 0 Å². The molecule has 42 heavy (non-hydrogen) atoms. The van der Waals surface area contributed by atoms with Crippen LogP contribution >= 0.6 is 0 Å². The summed E-state index contributed by atoms with van der Waals surface area (Å²) in [6, 6.07) is 7.78. The molecule has 2 saturated heterocycles. The van der Waals surface area contributed by atoms with Crippen LogP contribution in [0.25, 0.3) is 0 Å². The maximum Gasteiger partial charge on any atom is 0.258 e. The summed E-state index contributed by atoms with van der Waals surface area (Å²) in [6.45, 7) is 2.42. The highest BCUT2D eigenvalue weighted by molar-refractivity contribution is 7.89. The molecule has 1 atom stereocenters. The number of hydrogen-bond donors (Lipinski definition) is 4. The number of hydrogen-bond acceptors (Lipinski definition) is 8. The highest BCUT2D eigenvalue weighted by atomic mass is 32.2. The van der Waals surface area contributed by atoms with Crippen molar-refractivity contribution >= 4 is 33.1 Å². The van der Waals surface area contributed by atoms with Crippen molar-refractivity contribution in [3.05, 3.63) is 64.9 Å². The number of aromatic nitrogens is 2. The lowest BCUT2D eigenvalue weighted by Crippen LogP contribution is -2.36. The number of nitrogens with one attached hydrogen (secondary N) is 3. The fraction of sp³-hybridized carbons (Fsp3) is 0.429. The first-order valence-electron chi connectivity index (χ1n) is 13.9. The lowest BCUT2D eigenvalue weighted by Gasteiger charge is -2.27. The maximum atomic E-state index is 13.8. The SMILES string of the molecule is O=C(Nc1n[nH]c2c1CN(S(=O)(=O)c1cc(F)cc(F)c1)CC2)c1ccc(N2CCC(O)C2)cc1NC1CCOCC1. The third-order valence-electron chi connectivity index (χ3n) is 7.96. The number of carbonyl (C=O) groups is 1. The van der Waals surface area contributed by atoms with E-state index in [1.807, 2.05) is 12.1 Å². The number of halogens is 2. The van der Waals surface area contributed by atoms with Crippen molar-refractivity contribution in [1.29, 1.82) is 0 Å². The van der Waals surface area contributed by atoms with Gasteiger partial charge >= 0.3 is 0 Å². The summed E-state index contributed by atoms with van der Waals surface area (Å²) >= 11 is 0. The number of H-pyrrole nitrogens is 1. The van der Waals surface area contributed by atoms with Crippen LogP contribution < -0.4 is 15.5 Å². The quantitative estimate of drug-likeness (QED) is 0.324. The standard InChI is InChI=1S/C28H32F2N6O5S/c29-17-11-18(30)13-22(12-17)42(39,40)36-8-4-25-24(16-36)27(34-33-25)32-28(38)23-2-1-20(35-7-3-21(37)15-35)14-26(23)31-19-5-9-41-10-6-19/h1-2,11-14,19,21,31,37H,3-10,15-16H2,(H2,32,33,34,38). The van der Waals surface area contributed by atoms with Crippen LogP contribution in [0, 0.1) is 11.6 Å². The number of rotatable bonds is 7. The predicted molar refractivity (Wildman–Crippen MR) is 151 cm³/mol. The first kappa shape index (κ1) is 28.5. The Morgan fingerprint density at radius 2 is 1.83 bits per heavy atom. The molecular weight excluding hydrogens is 570 g/mol. The zero-order valence-corrected chi connectivity index (χ0v) is 23.6. The first-order chi connectivity index (χ1) is 20.2. The third-order valence-corrected chi connectivity index (χ3v) is 9.78. The summed E-state index contributed by atoms with van der Waals surface area (Å²) in [7, 11) is -4.21. The Bertz CT molecular complexity index is 1570. The number of aliphatic hydroxyl groups excluding tert-OH is 1. The van der Waals surface area contributed by atoms with Gasteiger partial charge in [-0.2, -0.15) is 9.40 Å². The van der Waals surface area contributed by atoms with E-state index in [0.29, 0.717) is 61.3 Å². The van der Waals surface area contributed by atoms with E-state index < -0.39 is 38.6 Å². The topological polar surface area (TPSA) is 140 Å². The number of fused-ring (bicyclic) bond motifs is 1. The molecule has 3 aliphatic rings. The van der Waals surface area contributed by atoms with Crippen LogP contribution in [0.4, 0.5) is 26.0 Å². The minimum atomic E-state index is -4.21. The number of aromatic amines is 1. The maximum absolute atomic E-state index is 13.8. The van der Waals surface area contributed by atoms with Crippen LogP contribution in [0.2, 0.25) is 0 Å². The van der Waals surface area contributed by atoms with Crippen LogP contribution in [-0.2, 0) is 27.7 Å². The average molecular weight is 603 g/mol. The summed E-state index contributed by atoms with van der Waals surface area (Å²) in [6.07, 6.45) is 2.15. The molecule has 1 amide bonds. The second-order valence-corrected chi connectivity index (χ2v) is 12.8. The van der Waals surface area contributed by atoms with Crippen LogP contribution in [0.5, 0.6) is 0 Å². The lowest BCUT2D eigenvalue weighted by atomic mass is 10.1. The number of anilines is 3. The molecule has 2 aromatic carbocycles. The Morgan fingerprint density at radius 1 is 1.07 bits per heavy atom. The molecule has 1 unspecified atom stereocenters. The van der Waals surface area contributed by atoms with Crippen molar-refractivity contribution < 1.29 is 31.8 Å². The summed E-state index contributed by atoms with van der Waals surface area (Å²) in [5, 5.41) is 23.5. The van der Waals surface area contributed by atoms with Gasteiger partial charge in [0.2, 0.25) is 10.0 Å². The first-order valence-corrected chi connectivity index (χ1v) is 15.4. The van der Waals surface area contributed by atoms with Gasteiger partial charge in [0.1, 0.15) is 11.6 Å². The summed E-state index contributed by atoms with van der Waals surface area (Å²) in [5.41, 5.74) is 3.07. The highest BCUT2D eigenvalue weighted by Gasteiger charge is 2.32. The van der Waals surface area contributed by atoms with Crippen molar-refractivity contribution in [2.24, 2.45) is 0 Å². The number of carbonyl (C=O) groups excluding carboxylic acids is 1. The minimum Gasteiger partial charge on any atom is -0.391 e. The van der Waals surface area contributed by atoms with Crippen LogP contribution in [0.1, 0.15) is 40.9 Å². The molecule has 3 aliphatic heterocycles. The Balaban J connectivity index is 1.24. The van der Waals surface area contributed by atoms with Gasteiger partial charge in [-0.25, -0.2) is 17.2 Å². The average Bonchev–Trinajstić information content (AvgIpc) is 3.58. The van der Waals surface area contributed by atoms with Gasteiger partial charge in [0.05, 0.1) is 16.6 Å². The second kappa shape index (κ2) is 11.6. The number of aliphatic hydroxyl groups is 1. The molecule has 224 valence electrons. The fourth-order valence-electron chi connectivity index (χ4n) is 5.66. The Hall–Kier alpha value is -3.59. The molecule has 2 fully saturated rings. The fourth-order valence-corrected chi connectivity index (χ4v) is 7.12. The van der Waals surface area contributed by atoms with E-state index in [9.17, 15) is 27.1 Å². The molecule has 0 radical (unpaired) electrons. The lowest BCUT2D eigenvalue weighted by molar-refractivity contribution is 0.0904. The van der Waals surface area contributed by atoms with Gasteiger partial charge in [-0.05, 0) is 49.6 Å². The molecule has 0 saturated carbocycles. The van der Waals surface area contributed by atoms with E-state index in [1.54, 1.807) is 6.07 Å². The molecule has 4 N–H and O–H groups in total. The van der Waals surface area contributed by atoms with E-state index in [0.717, 1.165) is 35.0 Å². The zero-order chi connectivity index (χ0) is 29.4. The van der Waals surface area contributed by atoms with Crippen LogP contribution in [0.15, 0.2) is 41.3 Å². The number of sulfonamides is 1. The Morgan fingerprint density at radius 3 is 2.55 bits per heavy atom. The number of nitrogens with zero attached hydrogens (tertiary/aromatic N) is 3. The Kier molecular flexibility index (Phi) is 7.87. The smallest absolute Gasteiger partial charge is 0.258 e. The highest BCUT2D eigenvalue weighted by Crippen LogP contribution is 2.32. The molecule has 14 heteroatoms. The summed E-state index contributed by atoms with van der Waals surface area (Å²) in [5.74, 6) is -2.22. The molecule has 1 aromatic heterocycles. The van der Waals surface area contributed by atoms with E-state index in [1.165, 1.54) is 0 Å². The molecular formula is C28H32F2N6O5S. The summed E-state index contributed by atoms with van der Waals surface area (Å²) < 4.78 is 60.6. The molecule has 11 nitrogen and oxygen atoms in total. The van der Waals surface area contributed by atoms with Crippen molar-refractivity contribution in [3.8, 4) is 0 Å². The molecule has 0 bridgehead atoms. The van der Waals surface area contributed by atoms with Gasteiger partial charge in [0.15, 0.2) is 5.82 Å². The van der Waals surface area contributed by atoms with Gasteiger partial charge < -0.3 is 25.4 Å². The van der Waals surface area contributed by atoms with E-state index in [-0.39, 0.29) is 31.4 Å².